The summed E-state index contributed by atoms with van der Waals surface area (Å²) in [4.78, 5) is 51.2. The molecule has 2 N–H and O–H groups in total. The Morgan fingerprint density at radius 3 is 2.41 bits per heavy atom. The van der Waals surface area contributed by atoms with Gasteiger partial charge in [0.25, 0.3) is 17.1 Å². The first-order chi connectivity index (χ1) is 18.7. The van der Waals surface area contributed by atoms with Crippen molar-refractivity contribution in [3.05, 3.63) is 87.2 Å². The third-order valence-electron chi connectivity index (χ3n) is 5.43. The summed E-state index contributed by atoms with van der Waals surface area (Å²) in [5.41, 5.74) is 2.80. The van der Waals surface area contributed by atoms with E-state index in [2.05, 4.69) is 26.6 Å². The van der Waals surface area contributed by atoms with Crippen molar-refractivity contribution in [2.24, 2.45) is 0 Å². The quantitative estimate of drug-likeness (QED) is 0.310. The number of nitrogens with one attached hydrogen (secondary N) is 2. The number of anilines is 2. The van der Waals surface area contributed by atoms with Gasteiger partial charge in [0.1, 0.15) is 6.54 Å². The molecule has 3 aromatic rings. The highest BCUT2D eigenvalue weighted by Gasteiger charge is 2.36. The molecule has 0 spiro atoms. The van der Waals surface area contributed by atoms with Crippen molar-refractivity contribution < 1.29 is 28.7 Å². The highest BCUT2D eigenvalue weighted by atomic mass is 79.9. The van der Waals surface area contributed by atoms with Crippen LogP contribution in [0.3, 0.4) is 0 Å². The monoisotopic (exact) mass is 609 g/mol. The third-order valence-corrected chi connectivity index (χ3v) is 6.93. The van der Waals surface area contributed by atoms with Gasteiger partial charge in [-0.15, -0.1) is 0 Å². The number of rotatable bonds is 9. The Bertz CT molecular complexity index is 1460. The predicted molar refractivity (Wildman–Crippen MR) is 154 cm³/mol. The number of carbonyl (C=O) groups excluding carboxylic acids is 4. The largest absolute Gasteiger partial charge is 0.493 e. The van der Waals surface area contributed by atoms with Gasteiger partial charge in [-0.05, 0) is 88.2 Å². The zero-order valence-electron chi connectivity index (χ0n) is 21.0. The van der Waals surface area contributed by atoms with Crippen LogP contribution in [-0.4, -0.2) is 48.1 Å². The van der Waals surface area contributed by atoms with E-state index in [-0.39, 0.29) is 17.4 Å². The summed E-state index contributed by atoms with van der Waals surface area (Å²) in [5.74, 6) is -0.776. The lowest BCUT2D eigenvalue weighted by atomic mass is 10.2. The Morgan fingerprint density at radius 2 is 1.69 bits per heavy atom. The number of hydrogen-bond acceptors (Lipinski definition) is 7. The van der Waals surface area contributed by atoms with Crippen LogP contribution in [0.15, 0.2) is 76.1 Å². The van der Waals surface area contributed by atoms with Crippen molar-refractivity contribution >= 4 is 68.1 Å². The average molecular weight is 610 g/mol. The third kappa shape index (κ3) is 7.27. The van der Waals surface area contributed by atoms with E-state index in [1.165, 1.54) is 13.2 Å². The highest BCUT2D eigenvalue weighted by molar-refractivity contribution is 9.10. The van der Waals surface area contributed by atoms with Crippen LogP contribution >= 0.6 is 27.7 Å². The molecule has 1 fully saturated rings. The minimum Gasteiger partial charge on any atom is -0.493 e. The summed E-state index contributed by atoms with van der Waals surface area (Å²) in [6.07, 6.45) is 1.53. The molecule has 0 aromatic heterocycles. The van der Waals surface area contributed by atoms with Crippen LogP contribution in [0.4, 0.5) is 16.2 Å². The van der Waals surface area contributed by atoms with Gasteiger partial charge >= 0.3 is 0 Å². The normalized spacial score (nSPS) is 13.9. The number of nitrogens with zero attached hydrogens (tertiary/aromatic N) is 1. The maximum Gasteiger partial charge on any atom is 0.294 e. The van der Waals surface area contributed by atoms with Crippen molar-refractivity contribution in [1.82, 2.24) is 4.90 Å². The molecular formula is C28H24BrN3O6S. The smallest absolute Gasteiger partial charge is 0.294 e. The summed E-state index contributed by atoms with van der Waals surface area (Å²) in [7, 11) is 1.45. The standard InChI is InChI=1S/C28H24BrN3O6S/c1-17-7-6-10-20(11-17)31-25(34)16-38-26-21(29)12-18(13-22(26)37-2)14-23-27(35)32(28(36)39-23)15-24(33)30-19-8-4-3-5-9-19/h3-14H,15-16H2,1-2H3,(H,30,33)(H,31,34)/b23-14-. The van der Waals surface area contributed by atoms with Crippen molar-refractivity contribution in [2.45, 2.75) is 6.92 Å². The Morgan fingerprint density at radius 1 is 0.974 bits per heavy atom. The molecule has 0 aliphatic carbocycles. The number of hydrogen-bond donors (Lipinski definition) is 2. The molecule has 3 aromatic carbocycles. The topological polar surface area (TPSA) is 114 Å². The molecule has 4 rings (SSSR count). The van der Waals surface area contributed by atoms with E-state index in [1.807, 2.05) is 31.2 Å². The molecule has 1 saturated heterocycles. The molecule has 1 heterocycles. The average Bonchev–Trinajstić information content (AvgIpc) is 3.15. The van der Waals surface area contributed by atoms with E-state index < -0.39 is 23.6 Å². The first-order valence-corrected chi connectivity index (χ1v) is 13.3. The van der Waals surface area contributed by atoms with E-state index in [1.54, 1.807) is 42.5 Å². The Hall–Kier alpha value is -4.09. The zero-order valence-corrected chi connectivity index (χ0v) is 23.4. The maximum absolute atomic E-state index is 12.9. The summed E-state index contributed by atoms with van der Waals surface area (Å²) in [5, 5.41) is 4.89. The van der Waals surface area contributed by atoms with Gasteiger partial charge in [-0.2, -0.15) is 0 Å². The van der Waals surface area contributed by atoms with Crippen molar-refractivity contribution in [3.8, 4) is 11.5 Å². The number of amides is 4. The highest BCUT2D eigenvalue weighted by Crippen LogP contribution is 2.39. The molecule has 0 unspecified atom stereocenters. The fourth-order valence-corrected chi connectivity index (χ4v) is 5.09. The number of halogens is 1. The van der Waals surface area contributed by atoms with Gasteiger partial charge in [-0.1, -0.05) is 30.3 Å². The molecule has 0 radical (unpaired) electrons. The van der Waals surface area contributed by atoms with Crippen LogP contribution in [0, 0.1) is 6.92 Å². The van der Waals surface area contributed by atoms with E-state index in [0.717, 1.165) is 22.2 Å². The first kappa shape index (κ1) is 27.9. The summed E-state index contributed by atoms with van der Waals surface area (Å²) < 4.78 is 11.6. The molecule has 200 valence electrons. The van der Waals surface area contributed by atoms with E-state index in [9.17, 15) is 19.2 Å². The summed E-state index contributed by atoms with van der Waals surface area (Å²) >= 11 is 4.17. The molecule has 0 saturated carbocycles. The fourth-order valence-electron chi connectivity index (χ4n) is 3.67. The lowest BCUT2D eigenvalue weighted by molar-refractivity contribution is -0.127. The van der Waals surface area contributed by atoms with Gasteiger partial charge in [0.15, 0.2) is 18.1 Å². The van der Waals surface area contributed by atoms with E-state index in [0.29, 0.717) is 32.9 Å². The van der Waals surface area contributed by atoms with Crippen LogP contribution < -0.4 is 20.1 Å². The lowest BCUT2D eigenvalue weighted by Crippen LogP contribution is -2.36. The Balaban J connectivity index is 1.42. The van der Waals surface area contributed by atoms with Gasteiger partial charge in [-0.3, -0.25) is 24.1 Å². The summed E-state index contributed by atoms with van der Waals surface area (Å²) in [6, 6.07) is 19.5. The molecular weight excluding hydrogens is 586 g/mol. The summed E-state index contributed by atoms with van der Waals surface area (Å²) in [6.45, 7) is 1.27. The van der Waals surface area contributed by atoms with Gasteiger partial charge in [0.05, 0.1) is 16.5 Å². The van der Waals surface area contributed by atoms with Crippen molar-refractivity contribution in [2.75, 3.05) is 30.9 Å². The van der Waals surface area contributed by atoms with Crippen LogP contribution in [-0.2, 0) is 14.4 Å². The number of benzene rings is 3. The van der Waals surface area contributed by atoms with Crippen molar-refractivity contribution in [1.29, 1.82) is 0 Å². The van der Waals surface area contributed by atoms with Crippen LogP contribution in [0.1, 0.15) is 11.1 Å². The van der Waals surface area contributed by atoms with Crippen LogP contribution in [0.5, 0.6) is 11.5 Å². The number of carbonyl (C=O) groups is 4. The second-order valence-electron chi connectivity index (χ2n) is 8.42. The second kappa shape index (κ2) is 12.6. The first-order valence-electron chi connectivity index (χ1n) is 11.7. The molecule has 0 bridgehead atoms. The zero-order chi connectivity index (χ0) is 27.9. The van der Waals surface area contributed by atoms with Gasteiger partial charge in [0, 0.05) is 11.4 Å². The minimum atomic E-state index is -0.573. The molecule has 9 nitrogen and oxygen atoms in total. The van der Waals surface area contributed by atoms with Gasteiger partial charge in [-0.25, -0.2) is 0 Å². The van der Waals surface area contributed by atoms with Crippen molar-refractivity contribution in [3.63, 3.8) is 0 Å². The van der Waals surface area contributed by atoms with E-state index >= 15 is 0 Å². The second-order valence-corrected chi connectivity index (χ2v) is 10.3. The maximum atomic E-state index is 12.9. The molecule has 11 heteroatoms. The fraction of sp³-hybridized carbons (Fsp3) is 0.143. The Kier molecular flexibility index (Phi) is 9.05. The molecule has 1 aliphatic rings. The van der Waals surface area contributed by atoms with E-state index in [4.69, 9.17) is 9.47 Å². The minimum absolute atomic E-state index is 0.160. The molecule has 1 aliphatic heterocycles. The number of ether oxygens (including phenoxy) is 2. The molecule has 4 amide bonds. The Labute approximate surface area is 237 Å². The van der Waals surface area contributed by atoms with Gasteiger partial charge in [0.2, 0.25) is 5.91 Å². The SMILES string of the molecule is COc1cc(/C=C2\SC(=O)N(CC(=O)Nc3ccccc3)C2=O)cc(Br)c1OCC(=O)Nc1cccc(C)c1. The van der Waals surface area contributed by atoms with Crippen LogP contribution in [0.2, 0.25) is 0 Å². The molecule has 39 heavy (non-hydrogen) atoms. The number of thioether (sulfide) groups is 1. The predicted octanol–water partition coefficient (Wildman–Crippen LogP) is 5.46. The number of imide groups is 1. The number of para-hydroxylation sites is 1. The molecule has 0 atom stereocenters. The van der Waals surface area contributed by atoms with Gasteiger partial charge < -0.3 is 20.1 Å². The number of aryl methyl sites for hydroxylation is 1. The lowest BCUT2D eigenvalue weighted by Gasteiger charge is -2.14. The van der Waals surface area contributed by atoms with Crippen LogP contribution in [0.25, 0.3) is 6.08 Å². The number of methoxy groups -OCH3 is 1.